The fraction of sp³-hybridized carbons (Fsp3) is 0.250. The molecule has 136 valence electrons. The number of aryl methyl sites for hydroxylation is 1. The van der Waals surface area contributed by atoms with Gasteiger partial charge >= 0.3 is 0 Å². The molecular formula is C20H23N3O3. The normalized spacial score (nSPS) is 10.2. The van der Waals surface area contributed by atoms with E-state index in [-0.39, 0.29) is 24.3 Å². The highest BCUT2D eigenvalue weighted by Crippen LogP contribution is 2.21. The molecule has 2 N–H and O–H groups in total. The molecule has 0 aliphatic carbocycles. The summed E-state index contributed by atoms with van der Waals surface area (Å²) < 4.78 is 0. The van der Waals surface area contributed by atoms with Gasteiger partial charge in [0.25, 0.3) is 0 Å². The van der Waals surface area contributed by atoms with Crippen LogP contribution in [0.4, 0.5) is 17.1 Å². The predicted molar refractivity (Wildman–Crippen MR) is 103 cm³/mol. The third-order valence-corrected chi connectivity index (χ3v) is 4.04. The maximum Gasteiger partial charge on any atom is 0.244 e. The van der Waals surface area contributed by atoms with Gasteiger partial charge in [-0.1, -0.05) is 18.2 Å². The molecule has 0 aliphatic rings. The lowest BCUT2D eigenvalue weighted by molar-refractivity contribution is -0.120. The van der Waals surface area contributed by atoms with Crippen LogP contribution in [-0.4, -0.2) is 24.3 Å². The van der Waals surface area contributed by atoms with Crippen LogP contribution in [0.15, 0.2) is 42.5 Å². The van der Waals surface area contributed by atoms with E-state index in [1.165, 1.54) is 18.7 Å². The van der Waals surface area contributed by atoms with Gasteiger partial charge in [-0.3, -0.25) is 14.4 Å². The molecule has 0 saturated carbocycles. The van der Waals surface area contributed by atoms with Gasteiger partial charge in [-0.15, -0.1) is 0 Å². The van der Waals surface area contributed by atoms with Gasteiger partial charge in [0.1, 0.15) is 6.54 Å². The van der Waals surface area contributed by atoms with Crippen molar-refractivity contribution in [2.45, 2.75) is 27.7 Å². The zero-order valence-electron chi connectivity index (χ0n) is 15.4. The third kappa shape index (κ3) is 4.92. The number of benzene rings is 2. The van der Waals surface area contributed by atoms with Crippen LogP contribution in [-0.2, 0) is 14.4 Å². The average molecular weight is 353 g/mol. The molecule has 0 aliphatic heterocycles. The second-order valence-corrected chi connectivity index (χ2v) is 6.13. The Kier molecular flexibility index (Phi) is 6.11. The number of amides is 3. The first-order valence-electron chi connectivity index (χ1n) is 8.29. The second-order valence-electron chi connectivity index (χ2n) is 6.13. The Labute approximate surface area is 153 Å². The lowest BCUT2D eigenvalue weighted by Gasteiger charge is -2.22. The molecule has 26 heavy (non-hydrogen) atoms. The lowest BCUT2D eigenvalue weighted by Crippen LogP contribution is -2.36. The highest BCUT2D eigenvalue weighted by molar-refractivity contribution is 6.02. The van der Waals surface area contributed by atoms with Crippen molar-refractivity contribution in [2.75, 3.05) is 22.1 Å². The van der Waals surface area contributed by atoms with Crippen molar-refractivity contribution >= 4 is 34.8 Å². The number of carbonyl (C=O) groups is 3. The number of rotatable bonds is 5. The summed E-state index contributed by atoms with van der Waals surface area (Å²) in [6, 6.07) is 12.5. The monoisotopic (exact) mass is 353 g/mol. The summed E-state index contributed by atoms with van der Waals surface area (Å²) in [5.74, 6) is -0.760. The van der Waals surface area contributed by atoms with Gasteiger partial charge in [-0.25, -0.2) is 0 Å². The van der Waals surface area contributed by atoms with Crippen LogP contribution in [0.25, 0.3) is 0 Å². The van der Waals surface area contributed by atoms with Crippen LogP contribution >= 0.6 is 0 Å². The molecule has 0 heterocycles. The van der Waals surface area contributed by atoms with Gasteiger partial charge in [-0.2, -0.15) is 0 Å². The molecular weight excluding hydrogens is 330 g/mol. The topological polar surface area (TPSA) is 78.5 Å². The van der Waals surface area contributed by atoms with Gasteiger partial charge in [-0.05, 0) is 49.2 Å². The van der Waals surface area contributed by atoms with Crippen LogP contribution in [0.1, 0.15) is 25.0 Å². The Morgan fingerprint density at radius 3 is 2.31 bits per heavy atom. The summed E-state index contributed by atoms with van der Waals surface area (Å²) in [6.07, 6.45) is 0. The Morgan fingerprint density at radius 1 is 0.962 bits per heavy atom. The van der Waals surface area contributed by atoms with E-state index in [9.17, 15) is 14.4 Å². The lowest BCUT2D eigenvalue weighted by atomic mass is 10.1. The van der Waals surface area contributed by atoms with Crippen molar-refractivity contribution in [3.63, 3.8) is 0 Å². The fourth-order valence-corrected chi connectivity index (χ4v) is 2.56. The first-order valence-corrected chi connectivity index (χ1v) is 8.29. The van der Waals surface area contributed by atoms with Crippen molar-refractivity contribution in [2.24, 2.45) is 0 Å². The van der Waals surface area contributed by atoms with E-state index in [1.807, 2.05) is 32.0 Å². The summed E-state index contributed by atoms with van der Waals surface area (Å²) in [5, 5.41) is 5.52. The second kappa shape index (κ2) is 8.29. The van der Waals surface area contributed by atoms with Crippen molar-refractivity contribution < 1.29 is 14.4 Å². The van der Waals surface area contributed by atoms with Crippen LogP contribution in [0.3, 0.4) is 0 Å². The van der Waals surface area contributed by atoms with Gasteiger partial charge in [0.2, 0.25) is 17.7 Å². The molecule has 6 nitrogen and oxygen atoms in total. The minimum Gasteiger partial charge on any atom is -0.326 e. The maximum absolute atomic E-state index is 12.5. The summed E-state index contributed by atoms with van der Waals surface area (Å²) in [4.78, 5) is 37.1. The summed E-state index contributed by atoms with van der Waals surface area (Å²) in [7, 11) is 0. The molecule has 6 heteroatoms. The molecule has 3 amide bonds. The van der Waals surface area contributed by atoms with Gasteiger partial charge in [0, 0.05) is 30.9 Å². The van der Waals surface area contributed by atoms with E-state index in [1.54, 1.807) is 24.3 Å². The molecule has 2 rings (SSSR count). The standard InChI is InChI=1S/C20H23N3O3/c1-13-7-5-10-19(14(13)2)22-20(26)12-23(16(4)25)18-9-6-8-17(11-18)21-15(3)24/h5-11H,12H2,1-4H3,(H,21,24)(H,22,26). The number of hydrogen-bond donors (Lipinski definition) is 2. The minimum atomic E-state index is -0.293. The zero-order chi connectivity index (χ0) is 19.3. The molecule has 0 saturated heterocycles. The zero-order valence-corrected chi connectivity index (χ0v) is 15.4. The molecule has 2 aromatic carbocycles. The smallest absolute Gasteiger partial charge is 0.244 e. The molecule has 2 aromatic rings. The third-order valence-electron chi connectivity index (χ3n) is 4.04. The SMILES string of the molecule is CC(=O)Nc1cccc(N(CC(=O)Nc2cccc(C)c2C)C(C)=O)c1. The fourth-order valence-electron chi connectivity index (χ4n) is 2.56. The van der Waals surface area contributed by atoms with Crippen molar-refractivity contribution in [1.82, 2.24) is 0 Å². The molecule has 0 aromatic heterocycles. The Morgan fingerprint density at radius 2 is 1.65 bits per heavy atom. The average Bonchev–Trinajstić information content (AvgIpc) is 2.56. The Bertz CT molecular complexity index is 846. The minimum absolute atomic E-state index is 0.119. The van der Waals surface area contributed by atoms with Gasteiger partial charge in [0.15, 0.2) is 0 Å². The van der Waals surface area contributed by atoms with Crippen molar-refractivity contribution in [3.8, 4) is 0 Å². The molecule has 0 spiro atoms. The van der Waals surface area contributed by atoms with E-state index in [0.717, 1.165) is 16.8 Å². The quantitative estimate of drug-likeness (QED) is 0.866. The number of nitrogens with one attached hydrogen (secondary N) is 2. The van der Waals surface area contributed by atoms with Crippen molar-refractivity contribution in [3.05, 3.63) is 53.6 Å². The Balaban J connectivity index is 2.18. The highest BCUT2D eigenvalue weighted by Gasteiger charge is 2.17. The summed E-state index contributed by atoms with van der Waals surface area (Å²) in [6.45, 7) is 6.60. The number of anilines is 3. The first kappa shape index (κ1) is 19.2. The van der Waals surface area contributed by atoms with Gasteiger partial charge < -0.3 is 15.5 Å². The van der Waals surface area contributed by atoms with E-state index >= 15 is 0 Å². The van der Waals surface area contributed by atoms with Crippen LogP contribution in [0, 0.1) is 13.8 Å². The van der Waals surface area contributed by atoms with E-state index in [0.29, 0.717) is 11.4 Å². The van der Waals surface area contributed by atoms with E-state index in [2.05, 4.69) is 10.6 Å². The van der Waals surface area contributed by atoms with Crippen LogP contribution < -0.4 is 15.5 Å². The highest BCUT2D eigenvalue weighted by atomic mass is 16.2. The van der Waals surface area contributed by atoms with Gasteiger partial charge in [0.05, 0.1) is 0 Å². The summed E-state index contributed by atoms with van der Waals surface area (Å²) >= 11 is 0. The van der Waals surface area contributed by atoms with Crippen molar-refractivity contribution in [1.29, 1.82) is 0 Å². The largest absolute Gasteiger partial charge is 0.326 e. The molecule has 0 radical (unpaired) electrons. The Hall–Kier alpha value is -3.15. The first-order chi connectivity index (χ1) is 12.3. The molecule has 0 fully saturated rings. The number of nitrogens with zero attached hydrogens (tertiary/aromatic N) is 1. The maximum atomic E-state index is 12.5. The number of hydrogen-bond acceptors (Lipinski definition) is 3. The predicted octanol–water partition coefficient (Wildman–Crippen LogP) is 3.25. The van der Waals surface area contributed by atoms with E-state index in [4.69, 9.17) is 0 Å². The molecule has 0 unspecified atom stereocenters. The number of carbonyl (C=O) groups excluding carboxylic acids is 3. The van der Waals surface area contributed by atoms with E-state index < -0.39 is 0 Å². The van der Waals surface area contributed by atoms with Crippen LogP contribution in [0.2, 0.25) is 0 Å². The molecule has 0 atom stereocenters. The van der Waals surface area contributed by atoms with Crippen LogP contribution in [0.5, 0.6) is 0 Å². The summed E-state index contributed by atoms with van der Waals surface area (Å²) in [5.41, 5.74) is 3.90. The molecule has 0 bridgehead atoms.